The molecule has 0 saturated carbocycles. The topological polar surface area (TPSA) is 67.8 Å². The molecule has 0 spiro atoms. The Bertz CT molecular complexity index is 186. The first kappa shape index (κ1) is 16.6. The Hall–Kier alpha value is -0.433. The van der Waals surface area contributed by atoms with Crippen molar-refractivity contribution in [3.63, 3.8) is 0 Å². The number of carbonyl (C=O) groups excluding carboxylic acids is 1. The third-order valence-electron chi connectivity index (χ3n) is 2.05. The number of amides is 1. The fraction of sp³-hybridized carbons (Fsp3) is 0.909. The predicted molar refractivity (Wildman–Crippen MR) is 67.8 cm³/mol. The van der Waals surface area contributed by atoms with E-state index in [1.165, 1.54) is 0 Å². The van der Waals surface area contributed by atoms with Crippen LogP contribution in [-0.4, -0.2) is 46.7 Å². The van der Waals surface area contributed by atoms with Crippen LogP contribution in [0.25, 0.3) is 0 Å². The van der Waals surface area contributed by atoms with Gasteiger partial charge in [-0.3, -0.25) is 4.79 Å². The first-order chi connectivity index (χ1) is 8.24. The van der Waals surface area contributed by atoms with Crippen LogP contribution in [0.5, 0.6) is 0 Å². The molecule has 0 bridgehead atoms. The first-order valence-electron chi connectivity index (χ1n) is 6.23. The van der Waals surface area contributed by atoms with Gasteiger partial charge in [0.1, 0.15) is 0 Å². The van der Waals surface area contributed by atoms with Gasteiger partial charge in [0.15, 0.2) is 0 Å². The van der Waals surface area contributed by atoms with Crippen molar-refractivity contribution in [1.29, 1.82) is 0 Å². The highest BCUT2D eigenvalue weighted by atomic mass is 28.3. The monoisotopic (exact) mass is 262 g/mol. The Morgan fingerprint density at radius 2 is 1.88 bits per heavy atom. The van der Waals surface area contributed by atoms with Crippen molar-refractivity contribution < 1.29 is 18.8 Å². The number of hydrogen-bond acceptors (Lipinski definition) is 4. The van der Waals surface area contributed by atoms with Gasteiger partial charge in [0, 0.05) is 32.8 Å². The Labute approximate surface area is 105 Å². The maximum Gasteiger partial charge on any atom is 0.384 e. The van der Waals surface area contributed by atoms with Crippen LogP contribution in [0.4, 0.5) is 0 Å². The molecule has 0 rings (SSSR count). The summed E-state index contributed by atoms with van der Waals surface area (Å²) >= 11 is 0. The molecule has 5 nitrogen and oxygen atoms in total. The molecule has 1 amide bonds. The molecule has 0 aliphatic heterocycles. The van der Waals surface area contributed by atoms with Gasteiger partial charge in [-0.25, -0.2) is 0 Å². The third-order valence-corrected chi connectivity index (χ3v) is 4.04. The Morgan fingerprint density at radius 1 is 1.24 bits per heavy atom. The summed E-state index contributed by atoms with van der Waals surface area (Å²) in [6, 6.07) is 0.882. The molecule has 2 N–H and O–H groups in total. The number of hydrogen-bond donors (Lipinski definition) is 2. The molecular formula is C11H24NO4Si. The summed E-state index contributed by atoms with van der Waals surface area (Å²) in [6.45, 7) is 5.99. The molecule has 101 valence electrons. The van der Waals surface area contributed by atoms with Crippen LogP contribution < -0.4 is 5.32 Å². The highest BCUT2D eigenvalue weighted by Crippen LogP contribution is 2.01. The number of nitrogens with one attached hydrogen (secondary N) is 1. The average Bonchev–Trinajstić information content (AvgIpc) is 2.32. The zero-order valence-electron chi connectivity index (χ0n) is 10.8. The van der Waals surface area contributed by atoms with E-state index in [9.17, 15) is 4.79 Å². The summed E-state index contributed by atoms with van der Waals surface area (Å²) < 4.78 is 11.0. The minimum Gasteiger partial charge on any atom is -0.396 e. The molecule has 0 aliphatic rings. The van der Waals surface area contributed by atoms with Crippen LogP contribution in [0.1, 0.15) is 33.1 Å². The second kappa shape index (κ2) is 12.0. The summed E-state index contributed by atoms with van der Waals surface area (Å²) in [5.74, 6) is 0.000594. The van der Waals surface area contributed by atoms with Crippen molar-refractivity contribution in [2.75, 3.05) is 26.4 Å². The lowest BCUT2D eigenvalue weighted by molar-refractivity contribution is -0.121. The fourth-order valence-corrected chi connectivity index (χ4v) is 2.78. The normalized spacial score (nSPS) is 10.8. The average molecular weight is 262 g/mol. The van der Waals surface area contributed by atoms with E-state index < -0.39 is 9.28 Å². The van der Waals surface area contributed by atoms with Crippen molar-refractivity contribution in [2.45, 2.75) is 39.2 Å². The molecule has 0 atom stereocenters. The van der Waals surface area contributed by atoms with E-state index in [2.05, 4.69) is 5.32 Å². The largest absolute Gasteiger partial charge is 0.396 e. The summed E-state index contributed by atoms with van der Waals surface area (Å²) in [6.07, 6.45) is 1.79. The van der Waals surface area contributed by atoms with Gasteiger partial charge >= 0.3 is 9.28 Å². The van der Waals surface area contributed by atoms with E-state index in [4.69, 9.17) is 14.0 Å². The number of carbonyl (C=O) groups is 1. The highest BCUT2D eigenvalue weighted by molar-refractivity contribution is 6.44. The molecule has 0 aliphatic carbocycles. The number of aliphatic hydroxyl groups is 1. The van der Waals surface area contributed by atoms with Crippen molar-refractivity contribution >= 4 is 15.2 Å². The van der Waals surface area contributed by atoms with Crippen LogP contribution in [0, 0.1) is 0 Å². The Kier molecular flexibility index (Phi) is 11.7. The second-order valence-corrected chi connectivity index (χ2v) is 5.34. The second-order valence-electron chi connectivity index (χ2n) is 3.52. The fourth-order valence-electron chi connectivity index (χ4n) is 1.30. The van der Waals surface area contributed by atoms with Gasteiger partial charge in [-0.15, -0.1) is 0 Å². The summed E-state index contributed by atoms with van der Waals surface area (Å²) in [4.78, 5) is 11.2. The number of rotatable bonds is 11. The minimum absolute atomic E-state index is 0.000594. The van der Waals surface area contributed by atoms with Gasteiger partial charge in [-0.1, -0.05) is 0 Å². The molecule has 0 aromatic rings. The van der Waals surface area contributed by atoms with E-state index >= 15 is 0 Å². The van der Waals surface area contributed by atoms with Crippen LogP contribution >= 0.6 is 0 Å². The van der Waals surface area contributed by atoms with Crippen molar-refractivity contribution in [3.05, 3.63) is 0 Å². The first-order valence-corrected chi connectivity index (χ1v) is 7.75. The Morgan fingerprint density at radius 3 is 2.41 bits per heavy atom. The summed E-state index contributed by atoms with van der Waals surface area (Å²) in [5.41, 5.74) is 0. The van der Waals surface area contributed by atoms with Gasteiger partial charge in [0.05, 0.1) is 0 Å². The van der Waals surface area contributed by atoms with Gasteiger partial charge in [-0.05, 0) is 32.7 Å². The van der Waals surface area contributed by atoms with E-state index in [0.717, 1.165) is 12.5 Å². The molecule has 0 fully saturated rings. The third kappa shape index (κ3) is 10.4. The van der Waals surface area contributed by atoms with E-state index in [-0.39, 0.29) is 12.5 Å². The lowest BCUT2D eigenvalue weighted by atomic mass is 10.3. The lowest BCUT2D eigenvalue weighted by Gasteiger charge is -2.13. The molecule has 0 saturated heterocycles. The van der Waals surface area contributed by atoms with E-state index in [1.54, 1.807) is 0 Å². The van der Waals surface area contributed by atoms with Gasteiger partial charge < -0.3 is 19.3 Å². The number of aliphatic hydroxyl groups excluding tert-OH is 1. The molecule has 0 aromatic carbocycles. The summed E-state index contributed by atoms with van der Waals surface area (Å²) in [7, 11) is -1.15. The molecular weight excluding hydrogens is 238 g/mol. The predicted octanol–water partition coefficient (Wildman–Crippen LogP) is 0.826. The van der Waals surface area contributed by atoms with Gasteiger partial charge in [0.2, 0.25) is 5.91 Å². The van der Waals surface area contributed by atoms with E-state index in [1.807, 2.05) is 13.8 Å². The molecule has 0 aromatic heterocycles. The minimum atomic E-state index is -1.15. The quantitative estimate of drug-likeness (QED) is 0.427. The van der Waals surface area contributed by atoms with Gasteiger partial charge in [0.25, 0.3) is 0 Å². The standard InChI is InChI=1S/C11H24NO4Si/c1-3-15-17(16-4-2)10-6-8-12-11(14)7-5-9-13/h13H,3-10H2,1-2H3,(H,12,14). The smallest absolute Gasteiger partial charge is 0.384 e. The van der Waals surface area contributed by atoms with Crippen LogP contribution in [0.15, 0.2) is 0 Å². The molecule has 0 heterocycles. The maximum absolute atomic E-state index is 11.2. The zero-order valence-corrected chi connectivity index (χ0v) is 11.8. The van der Waals surface area contributed by atoms with Crippen LogP contribution in [0.3, 0.4) is 0 Å². The molecule has 0 unspecified atom stereocenters. The van der Waals surface area contributed by atoms with Gasteiger partial charge in [-0.2, -0.15) is 0 Å². The lowest BCUT2D eigenvalue weighted by Crippen LogP contribution is -2.27. The van der Waals surface area contributed by atoms with Crippen molar-refractivity contribution in [3.8, 4) is 0 Å². The highest BCUT2D eigenvalue weighted by Gasteiger charge is 2.13. The molecule has 6 heteroatoms. The molecule has 1 radical (unpaired) electrons. The summed E-state index contributed by atoms with van der Waals surface area (Å²) in [5, 5.41) is 11.4. The maximum atomic E-state index is 11.2. The van der Waals surface area contributed by atoms with Crippen LogP contribution in [-0.2, 0) is 13.6 Å². The van der Waals surface area contributed by atoms with Crippen molar-refractivity contribution in [2.24, 2.45) is 0 Å². The van der Waals surface area contributed by atoms with E-state index in [0.29, 0.717) is 32.6 Å². The van der Waals surface area contributed by atoms with Crippen molar-refractivity contribution in [1.82, 2.24) is 5.32 Å². The SMILES string of the molecule is CCO[Si](CCCNC(=O)CCCO)OCC. The molecule has 17 heavy (non-hydrogen) atoms. The Balaban J connectivity index is 3.49. The van der Waals surface area contributed by atoms with Crippen LogP contribution in [0.2, 0.25) is 6.04 Å². The zero-order chi connectivity index (χ0) is 12.9.